The van der Waals surface area contributed by atoms with Crippen LogP contribution in [0.5, 0.6) is 5.75 Å². The lowest BCUT2D eigenvalue weighted by atomic mass is 10.0. The maximum atomic E-state index is 13.4. The monoisotopic (exact) mass is 507 g/mol. The molecule has 0 spiro atoms. The molecule has 0 aliphatic carbocycles. The van der Waals surface area contributed by atoms with Crippen LogP contribution >= 0.6 is 0 Å². The highest BCUT2D eigenvalue weighted by Crippen LogP contribution is 2.19. The van der Waals surface area contributed by atoms with E-state index >= 15 is 0 Å². The second-order valence-corrected chi connectivity index (χ2v) is 8.75. The lowest BCUT2D eigenvalue weighted by molar-refractivity contribution is -0.149. The van der Waals surface area contributed by atoms with Crippen LogP contribution in [0.2, 0.25) is 0 Å². The van der Waals surface area contributed by atoms with Gasteiger partial charge in [0.25, 0.3) is 0 Å². The van der Waals surface area contributed by atoms with Crippen LogP contribution in [-0.2, 0) is 14.3 Å². The quantitative estimate of drug-likeness (QED) is 0.130. The number of esters is 2. The van der Waals surface area contributed by atoms with Crippen molar-refractivity contribution in [2.24, 2.45) is 5.73 Å². The summed E-state index contributed by atoms with van der Waals surface area (Å²) in [4.78, 5) is 39.7. The fourth-order valence-corrected chi connectivity index (χ4v) is 3.96. The zero-order valence-electron chi connectivity index (χ0n) is 22.1. The first kappa shape index (κ1) is 29.3. The van der Waals surface area contributed by atoms with Crippen LogP contribution in [0, 0.1) is 5.41 Å². The third-order valence-corrected chi connectivity index (χ3v) is 5.79. The number of nitrogens with zero attached hydrogens (tertiary/aromatic N) is 1. The first-order chi connectivity index (χ1) is 17.7. The van der Waals surface area contributed by atoms with Crippen molar-refractivity contribution < 1.29 is 23.9 Å². The average Bonchev–Trinajstić information content (AvgIpc) is 2.87. The number of carbonyl (C=O) groups is 3. The van der Waals surface area contributed by atoms with Crippen molar-refractivity contribution in [1.82, 2.24) is 4.90 Å². The smallest absolute Gasteiger partial charge is 0.343 e. The van der Waals surface area contributed by atoms with E-state index in [0.29, 0.717) is 22.4 Å². The molecule has 0 saturated carbocycles. The van der Waals surface area contributed by atoms with Gasteiger partial charge in [0.1, 0.15) is 18.1 Å². The van der Waals surface area contributed by atoms with Crippen molar-refractivity contribution in [3.63, 3.8) is 0 Å². The summed E-state index contributed by atoms with van der Waals surface area (Å²) in [6.45, 7) is 7.77. The molecule has 0 aliphatic rings. The van der Waals surface area contributed by atoms with Gasteiger partial charge in [-0.3, -0.25) is 15.0 Å². The van der Waals surface area contributed by atoms with Gasteiger partial charge in [-0.25, -0.2) is 4.79 Å². The van der Waals surface area contributed by atoms with Gasteiger partial charge in [-0.1, -0.05) is 38.8 Å². The number of benzene rings is 2. The molecule has 0 heterocycles. The molecule has 0 radical (unpaired) electrons. The van der Waals surface area contributed by atoms with E-state index in [-0.39, 0.29) is 30.9 Å². The van der Waals surface area contributed by atoms with Crippen molar-refractivity contribution in [2.75, 3.05) is 13.2 Å². The van der Waals surface area contributed by atoms with Gasteiger partial charge in [0.2, 0.25) is 5.91 Å². The molecule has 0 aliphatic heterocycles. The van der Waals surface area contributed by atoms with E-state index in [2.05, 4.69) is 13.8 Å². The lowest BCUT2D eigenvalue weighted by Gasteiger charge is -2.31. The Labute approximate surface area is 218 Å². The summed E-state index contributed by atoms with van der Waals surface area (Å²) in [5.74, 6) is -0.875. The first-order valence-electron chi connectivity index (χ1n) is 12.6. The van der Waals surface area contributed by atoms with Crippen LogP contribution < -0.4 is 10.5 Å². The Morgan fingerprint density at radius 3 is 2.03 bits per heavy atom. The maximum Gasteiger partial charge on any atom is 0.343 e. The normalized spacial score (nSPS) is 11.2. The molecule has 0 atom stereocenters. The number of hydrogen-bond donors (Lipinski definition) is 2. The molecule has 2 aromatic rings. The van der Waals surface area contributed by atoms with E-state index in [1.54, 1.807) is 73.4 Å². The Morgan fingerprint density at radius 1 is 0.946 bits per heavy atom. The number of amides is 1. The van der Waals surface area contributed by atoms with Gasteiger partial charge in [0, 0.05) is 17.2 Å². The van der Waals surface area contributed by atoms with Gasteiger partial charge < -0.3 is 20.1 Å². The maximum absolute atomic E-state index is 13.4. The molecule has 2 rings (SSSR count). The van der Waals surface area contributed by atoms with E-state index in [1.165, 1.54) is 0 Å². The molecule has 37 heavy (non-hydrogen) atoms. The second kappa shape index (κ2) is 14.6. The van der Waals surface area contributed by atoms with Gasteiger partial charge in [0.05, 0.1) is 12.2 Å². The number of nitrogens with two attached hydrogens (primary N) is 1. The third-order valence-electron chi connectivity index (χ3n) is 5.79. The number of nitrogens with one attached hydrogen (secondary N) is 1. The number of rotatable bonds is 13. The van der Waals surface area contributed by atoms with Gasteiger partial charge in [-0.05, 0) is 74.7 Å². The van der Waals surface area contributed by atoms with Crippen LogP contribution in [0.1, 0.15) is 74.9 Å². The number of carbonyl (C=O) groups excluding carboxylic acids is 3. The summed E-state index contributed by atoms with van der Waals surface area (Å²) in [6, 6.07) is 13.0. The van der Waals surface area contributed by atoms with Crippen LogP contribution in [0.25, 0.3) is 6.08 Å². The van der Waals surface area contributed by atoms with Crippen LogP contribution in [0.3, 0.4) is 0 Å². The SMILES string of the molecule is CCCC(CCC)N(CC(=O)OCC)C(=O)/C(C)=C/c1ccc(C(=O)Oc2ccc(C(=N)N)cc2)cc1. The average molecular weight is 508 g/mol. The molecular weight excluding hydrogens is 470 g/mol. The van der Waals surface area contributed by atoms with Crippen molar-refractivity contribution >= 4 is 29.8 Å². The Morgan fingerprint density at radius 2 is 1.51 bits per heavy atom. The van der Waals surface area contributed by atoms with E-state index in [1.807, 2.05) is 0 Å². The minimum Gasteiger partial charge on any atom is -0.465 e. The van der Waals surface area contributed by atoms with Crippen LogP contribution in [-0.4, -0.2) is 47.8 Å². The molecule has 0 fully saturated rings. The second-order valence-electron chi connectivity index (χ2n) is 8.75. The van der Waals surface area contributed by atoms with Crippen molar-refractivity contribution in [1.29, 1.82) is 5.41 Å². The van der Waals surface area contributed by atoms with Crippen molar-refractivity contribution in [2.45, 2.75) is 59.4 Å². The third kappa shape index (κ3) is 8.90. The lowest BCUT2D eigenvalue weighted by Crippen LogP contribution is -2.44. The summed E-state index contributed by atoms with van der Waals surface area (Å²) in [7, 11) is 0. The van der Waals surface area contributed by atoms with E-state index in [4.69, 9.17) is 20.6 Å². The molecule has 0 unspecified atom stereocenters. The van der Waals surface area contributed by atoms with E-state index < -0.39 is 11.9 Å². The van der Waals surface area contributed by atoms with Gasteiger partial charge in [-0.15, -0.1) is 0 Å². The zero-order valence-corrected chi connectivity index (χ0v) is 22.1. The highest BCUT2D eigenvalue weighted by molar-refractivity contribution is 5.99. The van der Waals surface area contributed by atoms with Crippen molar-refractivity contribution in [3.05, 3.63) is 70.8 Å². The Kier molecular flexibility index (Phi) is 11.5. The standard InChI is InChI=1S/C29H37N3O5/c1-5-8-24(9-6-2)32(19-26(33)36-7-3)28(34)20(4)18-21-10-12-23(13-11-21)29(35)37-25-16-14-22(15-17-25)27(30)31/h10-18,24H,5-9,19H2,1-4H3,(H3,30,31)/b20-18+. The minimum absolute atomic E-state index is 0.0445. The summed E-state index contributed by atoms with van der Waals surface area (Å²) in [5.41, 5.74) is 7.56. The molecule has 0 bridgehead atoms. The molecule has 0 saturated heterocycles. The Hall–Kier alpha value is -3.94. The predicted octanol–water partition coefficient (Wildman–Crippen LogP) is 4.95. The number of hydrogen-bond acceptors (Lipinski definition) is 6. The molecule has 198 valence electrons. The van der Waals surface area contributed by atoms with Gasteiger partial charge in [-0.2, -0.15) is 0 Å². The largest absolute Gasteiger partial charge is 0.465 e. The van der Waals surface area contributed by atoms with Gasteiger partial charge in [0.15, 0.2) is 0 Å². The molecule has 3 N–H and O–H groups in total. The van der Waals surface area contributed by atoms with E-state index in [9.17, 15) is 14.4 Å². The number of ether oxygens (including phenoxy) is 2. The summed E-state index contributed by atoms with van der Waals surface area (Å²) < 4.78 is 10.5. The van der Waals surface area contributed by atoms with Crippen molar-refractivity contribution in [3.8, 4) is 5.75 Å². The first-order valence-corrected chi connectivity index (χ1v) is 12.6. The topological polar surface area (TPSA) is 123 Å². The molecule has 2 aromatic carbocycles. The molecule has 1 amide bonds. The van der Waals surface area contributed by atoms with Crippen LogP contribution in [0.4, 0.5) is 0 Å². The molecular formula is C29H37N3O5. The number of nitrogen functional groups attached to an aromatic ring is 1. The Balaban J connectivity index is 2.16. The fourth-order valence-electron chi connectivity index (χ4n) is 3.96. The van der Waals surface area contributed by atoms with Crippen LogP contribution in [0.15, 0.2) is 54.1 Å². The highest BCUT2D eigenvalue weighted by Gasteiger charge is 2.26. The molecule has 8 heteroatoms. The highest BCUT2D eigenvalue weighted by atomic mass is 16.5. The zero-order chi connectivity index (χ0) is 27.4. The minimum atomic E-state index is -0.526. The number of amidine groups is 1. The molecule has 8 nitrogen and oxygen atoms in total. The summed E-state index contributed by atoms with van der Waals surface area (Å²) in [5, 5.41) is 7.43. The van der Waals surface area contributed by atoms with Gasteiger partial charge >= 0.3 is 11.9 Å². The predicted molar refractivity (Wildman–Crippen MR) is 144 cm³/mol. The summed E-state index contributed by atoms with van der Waals surface area (Å²) in [6.07, 6.45) is 5.16. The molecule has 0 aromatic heterocycles. The Bertz CT molecular complexity index is 1100. The van der Waals surface area contributed by atoms with E-state index in [0.717, 1.165) is 31.2 Å². The summed E-state index contributed by atoms with van der Waals surface area (Å²) >= 11 is 0. The fraction of sp³-hybridized carbons (Fsp3) is 0.379.